The van der Waals surface area contributed by atoms with Gasteiger partial charge in [-0.05, 0) is 31.5 Å². The molecule has 1 saturated heterocycles. The first-order valence-electron chi connectivity index (χ1n) is 7.37. The normalized spacial score (nSPS) is 19.2. The number of rotatable bonds is 4. The number of hydrogen-bond donors (Lipinski definition) is 2. The molecular weight excluding hydrogens is 302 g/mol. The number of H-pyrrole nitrogens is 1. The minimum atomic E-state index is -0.702. The Bertz CT molecular complexity index is 671. The second-order valence-corrected chi connectivity index (χ2v) is 6.13. The van der Waals surface area contributed by atoms with Crippen LogP contribution in [0.1, 0.15) is 18.4 Å². The number of aliphatic carboxylic acids is 1. The summed E-state index contributed by atoms with van der Waals surface area (Å²) in [5.41, 5.74) is 3.00. The van der Waals surface area contributed by atoms with Crippen molar-refractivity contribution in [2.45, 2.75) is 19.4 Å². The third kappa shape index (κ3) is 3.31. The van der Waals surface area contributed by atoms with Crippen molar-refractivity contribution in [3.8, 4) is 11.3 Å². The van der Waals surface area contributed by atoms with E-state index in [0.29, 0.717) is 18.1 Å². The Hall–Kier alpha value is -1.85. The summed E-state index contributed by atoms with van der Waals surface area (Å²) in [6.45, 7) is 2.21. The standard InChI is InChI=1S/C16H18ClN3O2/c17-14-5-1-3-11(7-14)15-13(8-18-19-15)10-20-6-2-4-12(9-20)16(21)22/h1,3,5,7-8,12H,2,4,6,9-10H2,(H,18,19)(H,21,22). The lowest BCUT2D eigenvalue weighted by Crippen LogP contribution is -2.38. The average molecular weight is 320 g/mol. The number of benzene rings is 1. The molecule has 2 aromatic rings. The van der Waals surface area contributed by atoms with Crippen LogP contribution < -0.4 is 0 Å². The van der Waals surface area contributed by atoms with Gasteiger partial charge in [0.2, 0.25) is 0 Å². The van der Waals surface area contributed by atoms with E-state index in [-0.39, 0.29) is 5.92 Å². The van der Waals surface area contributed by atoms with E-state index in [4.69, 9.17) is 11.6 Å². The Morgan fingerprint density at radius 2 is 2.36 bits per heavy atom. The highest BCUT2D eigenvalue weighted by molar-refractivity contribution is 6.30. The summed E-state index contributed by atoms with van der Waals surface area (Å²) < 4.78 is 0. The van der Waals surface area contributed by atoms with E-state index in [1.54, 1.807) is 6.20 Å². The number of carboxylic acids is 1. The van der Waals surface area contributed by atoms with Crippen molar-refractivity contribution in [1.82, 2.24) is 15.1 Å². The third-order valence-electron chi connectivity index (χ3n) is 4.08. The molecule has 22 heavy (non-hydrogen) atoms. The molecule has 1 fully saturated rings. The molecule has 5 nitrogen and oxygen atoms in total. The molecule has 3 rings (SSSR count). The molecule has 1 aromatic heterocycles. The maximum absolute atomic E-state index is 11.2. The van der Waals surface area contributed by atoms with E-state index >= 15 is 0 Å². The smallest absolute Gasteiger partial charge is 0.307 e. The summed E-state index contributed by atoms with van der Waals surface area (Å²) in [5, 5.41) is 17.0. The molecule has 0 saturated carbocycles. The minimum absolute atomic E-state index is 0.268. The first-order valence-corrected chi connectivity index (χ1v) is 7.74. The quantitative estimate of drug-likeness (QED) is 0.909. The first kappa shape index (κ1) is 15.1. The van der Waals surface area contributed by atoms with Gasteiger partial charge >= 0.3 is 5.97 Å². The van der Waals surface area contributed by atoms with Crippen molar-refractivity contribution in [1.29, 1.82) is 0 Å². The zero-order valence-electron chi connectivity index (χ0n) is 12.1. The number of nitrogens with one attached hydrogen (secondary N) is 1. The van der Waals surface area contributed by atoms with Gasteiger partial charge in [0.05, 0.1) is 17.8 Å². The lowest BCUT2D eigenvalue weighted by molar-refractivity contribution is -0.143. The van der Waals surface area contributed by atoms with Gasteiger partial charge in [-0.3, -0.25) is 14.8 Å². The number of hydrogen-bond acceptors (Lipinski definition) is 3. The predicted octanol–water partition coefficient (Wildman–Crippen LogP) is 3.03. The minimum Gasteiger partial charge on any atom is -0.481 e. The fourth-order valence-electron chi connectivity index (χ4n) is 2.97. The van der Waals surface area contributed by atoms with Crippen molar-refractivity contribution < 1.29 is 9.90 Å². The van der Waals surface area contributed by atoms with E-state index in [9.17, 15) is 9.90 Å². The van der Waals surface area contributed by atoms with E-state index in [0.717, 1.165) is 36.2 Å². The molecule has 1 aliphatic rings. The predicted molar refractivity (Wildman–Crippen MR) is 84.7 cm³/mol. The zero-order valence-corrected chi connectivity index (χ0v) is 12.9. The molecule has 2 N–H and O–H groups in total. The molecular formula is C16H18ClN3O2. The molecule has 1 atom stereocenters. The van der Waals surface area contributed by atoms with E-state index in [2.05, 4.69) is 15.1 Å². The van der Waals surface area contributed by atoms with Gasteiger partial charge in [-0.25, -0.2) is 0 Å². The molecule has 2 heterocycles. The summed E-state index contributed by atoms with van der Waals surface area (Å²) in [6.07, 6.45) is 3.49. The molecule has 0 bridgehead atoms. The van der Waals surface area contributed by atoms with Crippen LogP contribution in [0.3, 0.4) is 0 Å². The Balaban J connectivity index is 1.76. The zero-order chi connectivity index (χ0) is 15.5. The number of halogens is 1. The number of aromatic amines is 1. The second kappa shape index (κ2) is 6.50. The van der Waals surface area contributed by atoms with Gasteiger partial charge in [0, 0.05) is 29.2 Å². The maximum Gasteiger partial charge on any atom is 0.307 e. The topological polar surface area (TPSA) is 69.2 Å². The average Bonchev–Trinajstić information content (AvgIpc) is 2.95. The van der Waals surface area contributed by atoms with Crippen molar-refractivity contribution >= 4 is 17.6 Å². The monoisotopic (exact) mass is 319 g/mol. The number of likely N-dealkylation sites (tertiary alicyclic amines) is 1. The van der Waals surface area contributed by atoms with E-state index < -0.39 is 5.97 Å². The Morgan fingerprint density at radius 3 is 3.14 bits per heavy atom. The molecule has 0 spiro atoms. The fourth-order valence-corrected chi connectivity index (χ4v) is 3.16. The van der Waals surface area contributed by atoms with Crippen molar-refractivity contribution in [3.05, 3.63) is 41.0 Å². The maximum atomic E-state index is 11.2. The van der Waals surface area contributed by atoms with Crippen molar-refractivity contribution in [2.75, 3.05) is 13.1 Å². The van der Waals surface area contributed by atoms with Crippen LogP contribution in [0.25, 0.3) is 11.3 Å². The van der Waals surface area contributed by atoms with Gasteiger partial charge in [0.15, 0.2) is 0 Å². The molecule has 1 aromatic carbocycles. The summed E-state index contributed by atoms with van der Waals surface area (Å²) in [5.74, 6) is -0.970. The van der Waals surface area contributed by atoms with Gasteiger partial charge in [0.1, 0.15) is 0 Å². The number of nitrogens with zero attached hydrogens (tertiary/aromatic N) is 2. The first-order chi connectivity index (χ1) is 10.6. The van der Waals surface area contributed by atoms with Crippen molar-refractivity contribution in [3.63, 3.8) is 0 Å². The van der Waals surface area contributed by atoms with Crippen molar-refractivity contribution in [2.24, 2.45) is 5.92 Å². The lowest BCUT2D eigenvalue weighted by atomic mass is 9.97. The van der Waals surface area contributed by atoms with Crippen LogP contribution in [0.2, 0.25) is 5.02 Å². The summed E-state index contributed by atoms with van der Waals surface area (Å²) in [7, 11) is 0. The lowest BCUT2D eigenvalue weighted by Gasteiger charge is -2.30. The molecule has 116 valence electrons. The summed E-state index contributed by atoms with van der Waals surface area (Å²) in [6, 6.07) is 7.63. The van der Waals surface area contributed by atoms with Crippen LogP contribution in [-0.2, 0) is 11.3 Å². The second-order valence-electron chi connectivity index (χ2n) is 5.69. The Kier molecular flexibility index (Phi) is 4.45. The highest BCUT2D eigenvalue weighted by atomic mass is 35.5. The van der Waals surface area contributed by atoms with Crippen LogP contribution in [0.4, 0.5) is 0 Å². The molecule has 0 aliphatic carbocycles. The molecule has 0 radical (unpaired) electrons. The van der Waals surface area contributed by atoms with Crippen LogP contribution >= 0.6 is 11.6 Å². The molecule has 1 aliphatic heterocycles. The van der Waals surface area contributed by atoms with Gasteiger partial charge in [0.25, 0.3) is 0 Å². The van der Waals surface area contributed by atoms with Gasteiger partial charge in [-0.15, -0.1) is 0 Å². The Morgan fingerprint density at radius 1 is 1.50 bits per heavy atom. The van der Waals surface area contributed by atoms with Crippen LogP contribution in [0, 0.1) is 5.92 Å². The largest absolute Gasteiger partial charge is 0.481 e. The Labute approximate surface area is 133 Å². The molecule has 0 amide bonds. The highest BCUT2D eigenvalue weighted by Crippen LogP contribution is 2.26. The highest BCUT2D eigenvalue weighted by Gasteiger charge is 2.26. The number of carbonyl (C=O) groups is 1. The molecule has 6 heteroatoms. The van der Waals surface area contributed by atoms with Gasteiger partial charge in [-0.2, -0.15) is 5.10 Å². The summed E-state index contributed by atoms with van der Waals surface area (Å²) >= 11 is 6.05. The van der Waals surface area contributed by atoms with Gasteiger partial charge < -0.3 is 5.11 Å². The third-order valence-corrected chi connectivity index (χ3v) is 4.31. The van der Waals surface area contributed by atoms with E-state index in [1.807, 2.05) is 24.3 Å². The van der Waals surface area contributed by atoms with Crippen LogP contribution in [0.15, 0.2) is 30.5 Å². The fraction of sp³-hybridized carbons (Fsp3) is 0.375. The number of piperidine rings is 1. The SMILES string of the molecule is O=C(O)C1CCCN(Cc2cn[nH]c2-c2cccc(Cl)c2)C1. The van der Waals surface area contributed by atoms with Gasteiger partial charge in [-0.1, -0.05) is 23.7 Å². The van der Waals surface area contributed by atoms with Crippen LogP contribution in [0.5, 0.6) is 0 Å². The van der Waals surface area contributed by atoms with Crippen LogP contribution in [-0.4, -0.2) is 39.3 Å². The number of aromatic nitrogens is 2. The molecule has 1 unspecified atom stereocenters. The van der Waals surface area contributed by atoms with E-state index in [1.165, 1.54) is 0 Å². The number of carboxylic acid groups (broad SMARTS) is 1. The summed E-state index contributed by atoms with van der Waals surface area (Å²) in [4.78, 5) is 13.4.